The molecule has 0 aliphatic heterocycles. The lowest BCUT2D eigenvalue weighted by atomic mass is 9.96. The Kier molecular flexibility index (Phi) is 4.03. The molecule has 1 N–H and O–H groups in total. The van der Waals surface area contributed by atoms with E-state index in [1.54, 1.807) is 12.2 Å². The molecule has 0 spiro atoms. The average molecular weight is 221 g/mol. The number of carbonyl (C=O) groups is 1. The van der Waals surface area contributed by atoms with Crippen molar-refractivity contribution in [1.82, 2.24) is 4.90 Å². The Bertz CT molecular complexity index is 388. The van der Waals surface area contributed by atoms with Crippen LogP contribution in [-0.2, 0) is 4.79 Å². The van der Waals surface area contributed by atoms with Gasteiger partial charge in [-0.1, -0.05) is 0 Å². The van der Waals surface area contributed by atoms with Crippen molar-refractivity contribution < 1.29 is 14.7 Å². The first-order chi connectivity index (χ1) is 7.63. The van der Waals surface area contributed by atoms with Crippen LogP contribution in [0.3, 0.4) is 0 Å². The molecule has 5 nitrogen and oxygen atoms in total. The second-order valence-electron chi connectivity index (χ2n) is 3.44. The van der Waals surface area contributed by atoms with E-state index in [2.05, 4.69) is 4.79 Å². The van der Waals surface area contributed by atoms with E-state index in [1.807, 2.05) is 18.7 Å². The summed E-state index contributed by atoms with van der Waals surface area (Å²) < 4.78 is 0. The van der Waals surface area contributed by atoms with Crippen LogP contribution in [0.4, 0.5) is 0 Å². The Labute approximate surface area is 94.3 Å². The van der Waals surface area contributed by atoms with E-state index in [9.17, 15) is 4.79 Å². The maximum Gasteiger partial charge on any atom is 0.322 e. The molecule has 1 rings (SSSR count). The van der Waals surface area contributed by atoms with Crippen molar-refractivity contribution in [3.8, 4) is 0 Å². The van der Waals surface area contributed by atoms with Crippen LogP contribution in [0.25, 0.3) is 5.53 Å². The monoisotopic (exact) mass is 221 g/mol. The number of allylic oxidation sites excluding steroid dienone is 2. The number of hydrogen-bond donors (Lipinski definition) is 1. The highest BCUT2D eigenvalue weighted by atomic mass is 16.4. The Morgan fingerprint density at radius 3 is 2.56 bits per heavy atom. The maximum atomic E-state index is 11.0. The summed E-state index contributed by atoms with van der Waals surface area (Å²) >= 11 is 0. The highest BCUT2D eigenvalue weighted by Gasteiger charge is 2.30. The first kappa shape index (κ1) is 12.2. The smallest absolute Gasteiger partial charge is 0.322 e. The van der Waals surface area contributed by atoms with Crippen molar-refractivity contribution in [3.63, 3.8) is 0 Å². The van der Waals surface area contributed by atoms with Crippen LogP contribution in [0.5, 0.6) is 0 Å². The predicted molar refractivity (Wildman–Crippen MR) is 59.9 cm³/mol. The number of aliphatic carboxylic acids is 1. The molecule has 0 saturated heterocycles. The van der Waals surface area contributed by atoms with Crippen LogP contribution < -0.4 is 0 Å². The molecule has 0 radical (unpaired) electrons. The molecule has 1 aliphatic rings. The molecular weight excluding hydrogens is 206 g/mol. The lowest BCUT2D eigenvalue weighted by Gasteiger charge is -2.24. The minimum Gasteiger partial charge on any atom is -0.480 e. The second kappa shape index (κ2) is 5.28. The van der Waals surface area contributed by atoms with Gasteiger partial charge in [0, 0.05) is 24.9 Å². The van der Waals surface area contributed by atoms with Gasteiger partial charge in [0.15, 0.2) is 5.92 Å². The van der Waals surface area contributed by atoms with Crippen LogP contribution in [-0.4, -0.2) is 39.6 Å². The third kappa shape index (κ3) is 2.38. The standard InChI is InChI=1S/C11H15N3O2/c1-3-14(4-2)8-5-6-10(13-12)9(7-8)11(15)16/h5-7,9H,3-4H2,1-2H3,(H,15,16). The number of nitrogens with zero attached hydrogens (tertiary/aromatic N) is 3. The van der Waals surface area contributed by atoms with Gasteiger partial charge in [-0.15, -0.1) is 0 Å². The summed E-state index contributed by atoms with van der Waals surface area (Å²) in [5.41, 5.74) is 9.69. The van der Waals surface area contributed by atoms with Crippen molar-refractivity contribution in [3.05, 3.63) is 29.5 Å². The summed E-state index contributed by atoms with van der Waals surface area (Å²) in [6.07, 6.45) is 4.90. The van der Waals surface area contributed by atoms with Gasteiger partial charge in [0.25, 0.3) is 0 Å². The van der Waals surface area contributed by atoms with Crippen molar-refractivity contribution in [2.45, 2.75) is 13.8 Å². The Hall–Kier alpha value is -1.87. The van der Waals surface area contributed by atoms with Crippen molar-refractivity contribution >= 4 is 11.7 Å². The number of carboxylic acid groups (broad SMARTS) is 1. The van der Waals surface area contributed by atoms with Crippen molar-refractivity contribution in [2.75, 3.05) is 13.1 Å². The largest absolute Gasteiger partial charge is 0.480 e. The van der Waals surface area contributed by atoms with Gasteiger partial charge >= 0.3 is 11.7 Å². The normalized spacial score (nSPS) is 19.0. The van der Waals surface area contributed by atoms with Gasteiger partial charge in [0.1, 0.15) is 0 Å². The molecule has 0 heterocycles. The fourth-order valence-electron chi connectivity index (χ4n) is 1.68. The van der Waals surface area contributed by atoms with Crippen LogP contribution >= 0.6 is 0 Å². The minimum absolute atomic E-state index is 0.156. The van der Waals surface area contributed by atoms with Crippen LogP contribution in [0.2, 0.25) is 0 Å². The Balaban J connectivity index is 3.03. The van der Waals surface area contributed by atoms with Gasteiger partial charge in [-0.25, -0.2) is 0 Å². The van der Waals surface area contributed by atoms with Crippen LogP contribution in [0.1, 0.15) is 13.8 Å². The molecule has 0 aromatic heterocycles. The van der Waals surface area contributed by atoms with E-state index in [0.29, 0.717) is 0 Å². The molecule has 0 aromatic carbocycles. The molecule has 86 valence electrons. The van der Waals surface area contributed by atoms with E-state index < -0.39 is 11.9 Å². The van der Waals surface area contributed by atoms with E-state index in [-0.39, 0.29) is 5.71 Å². The average Bonchev–Trinajstić information content (AvgIpc) is 2.30. The number of rotatable bonds is 4. The van der Waals surface area contributed by atoms with Crippen LogP contribution in [0.15, 0.2) is 23.9 Å². The van der Waals surface area contributed by atoms with E-state index in [4.69, 9.17) is 10.6 Å². The van der Waals surface area contributed by atoms with Gasteiger partial charge < -0.3 is 15.5 Å². The highest BCUT2D eigenvalue weighted by Crippen LogP contribution is 2.17. The fourth-order valence-corrected chi connectivity index (χ4v) is 1.68. The van der Waals surface area contributed by atoms with Gasteiger partial charge in [-0.2, -0.15) is 4.79 Å². The molecule has 5 heteroatoms. The molecule has 0 saturated carbocycles. The third-order valence-corrected chi connectivity index (χ3v) is 2.59. The Morgan fingerprint density at radius 2 is 2.12 bits per heavy atom. The predicted octanol–water partition coefficient (Wildman–Crippen LogP) is 1.15. The summed E-state index contributed by atoms with van der Waals surface area (Å²) in [6, 6.07) is 0. The SMILES string of the molecule is CCN(CC)C1=CC(C(=O)O)C(=[N+]=[N-])C=C1. The fraction of sp³-hybridized carbons (Fsp3) is 0.455. The summed E-state index contributed by atoms with van der Waals surface area (Å²) in [5.74, 6) is -1.88. The zero-order valence-corrected chi connectivity index (χ0v) is 9.42. The molecule has 1 atom stereocenters. The number of likely N-dealkylation sites (N-methyl/N-ethyl adjacent to an activating group) is 1. The van der Waals surface area contributed by atoms with Gasteiger partial charge in [-0.05, 0) is 26.0 Å². The molecular formula is C11H15N3O2. The summed E-state index contributed by atoms with van der Waals surface area (Å²) in [7, 11) is 0. The van der Waals surface area contributed by atoms with Crippen molar-refractivity contribution in [2.24, 2.45) is 5.92 Å². The van der Waals surface area contributed by atoms with Gasteiger partial charge in [0.05, 0.1) is 0 Å². The van der Waals surface area contributed by atoms with Gasteiger partial charge in [-0.3, -0.25) is 4.79 Å². The van der Waals surface area contributed by atoms with Crippen molar-refractivity contribution in [1.29, 1.82) is 0 Å². The zero-order valence-electron chi connectivity index (χ0n) is 9.42. The summed E-state index contributed by atoms with van der Waals surface area (Å²) in [6.45, 7) is 5.63. The topological polar surface area (TPSA) is 76.9 Å². The van der Waals surface area contributed by atoms with E-state index >= 15 is 0 Å². The highest BCUT2D eigenvalue weighted by molar-refractivity contribution is 6.07. The molecule has 0 fully saturated rings. The summed E-state index contributed by atoms with van der Waals surface area (Å²) in [5, 5.41) is 9.00. The first-order valence-electron chi connectivity index (χ1n) is 5.23. The molecule has 0 aromatic rings. The van der Waals surface area contributed by atoms with E-state index in [0.717, 1.165) is 18.8 Å². The lowest BCUT2D eigenvalue weighted by molar-refractivity contribution is -0.139. The van der Waals surface area contributed by atoms with Crippen LogP contribution in [0, 0.1) is 5.92 Å². The quantitative estimate of drug-likeness (QED) is 0.571. The third-order valence-electron chi connectivity index (χ3n) is 2.59. The van der Waals surface area contributed by atoms with E-state index in [1.165, 1.54) is 6.08 Å². The minimum atomic E-state index is -1.01. The summed E-state index contributed by atoms with van der Waals surface area (Å²) in [4.78, 5) is 16.0. The van der Waals surface area contributed by atoms with Gasteiger partial charge in [0.2, 0.25) is 0 Å². The molecule has 16 heavy (non-hydrogen) atoms. The number of carboxylic acids is 1. The molecule has 1 unspecified atom stereocenters. The zero-order chi connectivity index (χ0) is 12.1. The lowest BCUT2D eigenvalue weighted by Crippen LogP contribution is -2.29. The first-order valence-corrected chi connectivity index (χ1v) is 5.23. The molecule has 0 bridgehead atoms. The molecule has 0 amide bonds. The maximum absolute atomic E-state index is 11.0. The Morgan fingerprint density at radius 1 is 1.50 bits per heavy atom. The molecule has 1 aliphatic carbocycles. The number of hydrogen-bond acceptors (Lipinski definition) is 2. The second-order valence-corrected chi connectivity index (χ2v) is 3.44.